The average Bonchev–Trinajstić information content (AvgIpc) is 2.28. The molecule has 0 aliphatic carbocycles. The van der Waals surface area contributed by atoms with Gasteiger partial charge in [-0.1, -0.05) is 0 Å². The Morgan fingerprint density at radius 1 is 1.41 bits per heavy atom. The minimum atomic E-state index is 0.266. The van der Waals surface area contributed by atoms with Gasteiger partial charge < -0.3 is 15.1 Å². The molecule has 100 valence electrons. The second kappa shape index (κ2) is 7.67. The Morgan fingerprint density at radius 2 is 2.18 bits per heavy atom. The number of nitrogens with one attached hydrogen (secondary N) is 1. The summed E-state index contributed by atoms with van der Waals surface area (Å²) in [6.45, 7) is 5.59. The highest BCUT2D eigenvalue weighted by Gasteiger charge is 2.22. The van der Waals surface area contributed by atoms with Crippen LogP contribution >= 0.6 is 0 Å². The highest BCUT2D eigenvalue weighted by molar-refractivity contribution is 5.78. The molecule has 1 amide bonds. The van der Waals surface area contributed by atoms with Gasteiger partial charge in [-0.05, 0) is 59.8 Å². The smallest absolute Gasteiger partial charge is 0.236 e. The predicted molar refractivity (Wildman–Crippen MR) is 71.1 cm³/mol. The van der Waals surface area contributed by atoms with Gasteiger partial charge in [0, 0.05) is 12.6 Å². The van der Waals surface area contributed by atoms with Gasteiger partial charge in [0.1, 0.15) is 0 Å². The molecule has 17 heavy (non-hydrogen) atoms. The van der Waals surface area contributed by atoms with E-state index >= 15 is 0 Å². The van der Waals surface area contributed by atoms with E-state index in [9.17, 15) is 4.79 Å². The first-order valence-corrected chi connectivity index (χ1v) is 6.76. The number of rotatable bonds is 6. The summed E-state index contributed by atoms with van der Waals surface area (Å²) >= 11 is 0. The van der Waals surface area contributed by atoms with Crippen molar-refractivity contribution in [3.63, 3.8) is 0 Å². The molecule has 4 nitrogen and oxygen atoms in total. The summed E-state index contributed by atoms with van der Waals surface area (Å²) in [5, 5.41) is 3.24. The molecular formula is C13H27N3O. The summed E-state index contributed by atoms with van der Waals surface area (Å²) in [4.78, 5) is 16.2. The third kappa shape index (κ3) is 5.50. The molecule has 1 aliphatic rings. The second-order valence-electron chi connectivity index (χ2n) is 5.27. The van der Waals surface area contributed by atoms with Gasteiger partial charge in [0.15, 0.2) is 0 Å². The average molecular weight is 241 g/mol. The zero-order valence-corrected chi connectivity index (χ0v) is 11.5. The van der Waals surface area contributed by atoms with Crippen molar-refractivity contribution in [2.24, 2.45) is 0 Å². The van der Waals surface area contributed by atoms with Gasteiger partial charge in [0.05, 0.1) is 6.54 Å². The summed E-state index contributed by atoms with van der Waals surface area (Å²) < 4.78 is 0. The van der Waals surface area contributed by atoms with Gasteiger partial charge in [0.2, 0.25) is 5.91 Å². The van der Waals surface area contributed by atoms with Crippen molar-refractivity contribution in [2.45, 2.75) is 38.6 Å². The number of likely N-dealkylation sites (tertiary alicyclic amines) is 1. The first kappa shape index (κ1) is 14.5. The lowest BCUT2D eigenvalue weighted by atomic mass is 10.0. The van der Waals surface area contributed by atoms with Gasteiger partial charge in [-0.25, -0.2) is 0 Å². The van der Waals surface area contributed by atoms with E-state index in [4.69, 9.17) is 0 Å². The first-order valence-electron chi connectivity index (χ1n) is 6.76. The van der Waals surface area contributed by atoms with Gasteiger partial charge in [-0.2, -0.15) is 0 Å². The Morgan fingerprint density at radius 3 is 2.82 bits per heavy atom. The van der Waals surface area contributed by atoms with E-state index < -0.39 is 0 Å². The molecular weight excluding hydrogens is 214 g/mol. The van der Waals surface area contributed by atoms with Gasteiger partial charge in [-0.15, -0.1) is 0 Å². The molecule has 1 unspecified atom stereocenters. The molecule has 0 aromatic carbocycles. The van der Waals surface area contributed by atoms with Crippen LogP contribution in [0.1, 0.15) is 32.6 Å². The van der Waals surface area contributed by atoms with E-state index in [0.717, 1.165) is 38.9 Å². The molecule has 4 heteroatoms. The van der Waals surface area contributed by atoms with Gasteiger partial charge in [-0.3, -0.25) is 4.79 Å². The van der Waals surface area contributed by atoms with Crippen LogP contribution in [0.3, 0.4) is 0 Å². The normalized spacial score (nSPS) is 20.9. The number of amides is 1. The van der Waals surface area contributed by atoms with E-state index in [1.54, 1.807) is 0 Å². The molecule has 0 aromatic rings. The van der Waals surface area contributed by atoms with Crippen LogP contribution in [0.25, 0.3) is 0 Å². The van der Waals surface area contributed by atoms with Crippen molar-refractivity contribution in [3.05, 3.63) is 0 Å². The Hall–Kier alpha value is -0.610. The van der Waals surface area contributed by atoms with Crippen LogP contribution in [0.4, 0.5) is 0 Å². The quantitative estimate of drug-likeness (QED) is 0.703. The van der Waals surface area contributed by atoms with Crippen molar-refractivity contribution < 1.29 is 4.79 Å². The molecule has 1 atom stereocenters. The monoisotopic (exact) mass is 241 g/mol. The molecule has 0 spiro atoms. The van der Waals surface area contributed by atoms with Crippen LogP contribution in [-0.2, 0) is 4.79 Å². The summed E-state index contributed by atoms with van der Waals surface area (Å²) in [6.07, 6.45) is 4.68. The Balaban J connectivity index is 2.11. The standard InChI is InChI=1S/C13H27N3O/c1-12-7-4-5-10-16(12)13(17)11-14-8-6-9-15(2)3/h12,14H,4-11H2,1-3H3. The third-order valence-electron chi connectivity index (χ3n) is 3.36. The van der Waals surface area contributed by atoms with E-state index in [0.29, 0.717) is 12.6 Å². The lowest BCUT2D eigenvalue weighted by molar-refractivity contribution is -0.133. The van der Waals surface area contributed by atoms with E-state index in [2.05, 4.69) is 31.2 Å². The summed E-state index contributed by atoms with van der Waals surface area (Å²) in [6, 6.07) is 0.430. The van der Waals surface area contributed by atoms with Crippen LogP contribution in [0.15, 0.2) is 0 Å². The first-order chi connectivity index (χ1) is 8.11. The van der Waals surface area contributed by atoms with Crippen molar-refractivity contribution in [3.8, 4) is 0 Å². The fraction of sp³-hybridized carbons (Fsp3) is 0.923. The zero-order valence-electron chi connectivity index (χ0n) is 11.5. The largest absolute Gasteiger partial charge is 0.339 e. The van der Waals surface area contributed by atoms with E-state index in [1.165, 1.54) is 6.42 Å². The van der Waals surface area contributed by atoms with Crippen LogP contribution in [0.2, 0.25) is 0 Å². The predicted octanol–water partition coefficient (Wildman–Crippen LogP) is 0.929. The van der Waals surface area contributed by atoms with E-state index in [-0.39, 0.29) is 5.91 Å². The third-order valence-corrected chi connectivity index (χ3v) is 3.36. The highest BCUT2D eigenvalue weighted by Crippen LogP contribution is 2.15. The number of carbonyl (C=O) groups is 1. The maximum Gasteiger partial charge on any atom is 0.236 e. The fourth-order valence-corrected chi connectivity index (χ4v) is 2.29. The van der Waals surface area contributed by atoms with Crippen LogP contribution in [-0.4, -0.2) is 62.0 Å². The van der Waals surface area contributed by atoms with Crippen molar-refractivity contribution in [1.82, 2.24) is 15.1 Å². The van der Waals surface area contributed by atoms with Crippen molar-refractivity contribution in [1.29, 1.82) is 0 Å². The molecule has 1 saturated heterocycles. The fourth-order valence-electron chi connectivity index (χ4n) is 2.29. The number of piperidine rings is 1. The number of carbonyl (C=O) groups excluding carboxylic acids is 1. The summed E-state index contributed by atoms with van der Waals surface area (Å²) in [7, 11) is 4.14. The number of hydrogen-bond donors (Lipinski definition) is 1. The number of hydrogen-bond acceptors (Lipinski definition) is 3. The molecule has 1 rings (SSSR count). The molecule has 1 heterocycles. The van der Waals surface area contributed by atoms with Crippen molar-refractivity contribution in [2.75, 3.05) is 40.3 Å². The lowest BCUT2D eigenvalue weighted by Gasteiger charge is -2.33. The molecule has 1 fully saturated rings. The van der Waals surface area contributed by atoms with E-state index in [1.807, 2.05) is 4.90 Å². The minimum Gasteiger partial charge on any atom is -0.339 e. The number of nitrogens with zero attached hydrogens (tertiary/aromatic N) is 2. The molecule has 0 radical (unpaired) electrons. The molecule has 1 N–H and O–H groups in total. The van der Waals surface area contributed by atoms with Gasteiger partial charge >= 0.3 is 0 Å². The lowest BCUT2D eigenvalue weighted by Crippen LogP contribution is -2.46. The Bertz CT molecular complexity index is 231. The molecule has 0 bridgehead atoms. The minimum absolute atomic E-state index is 0.266. The maximum absolute atomic E-state index is 12.0. The van der Waals surface area contributed by atoms with Gasteiger partial charge in [0.25, 0.3) is 0 Å². The van der Waals surface area contributed by atoms with Crippen LogP contribution in [0, 0.1) is 0 Å². The van der Waals surface area contributed by atoms with Crippen LogP contribution < -0.4 is 5.32 Å². The molecule has 1 aliphatic heterocycles. The highest BCUT2D eigenvalue weighted by atomic mass is 16.2. The second-order valence-corrected chi connectivity index (χ2v) is 5.27. The maximum atomic E-state index is 12.0. The summed E-state index contributed by atoms with van der Waals surface area (Å²) in [5.74, 6) is 0.266. The zero-order chi connectivity index (χ0) is 12.7. The van der Waals surface area contributed by atoms with Crippen LogP contribution in [0.5, 0.6) is 0 Å². The summed E-state index contributed by atoms with van der Waals surface area (Å²) in [5.41, 5.74) is 0. The molecule has 0 saturated carbocycles. The Kier molecular flexibility index (Phi) is 6.52. The molecule has 0 aromatic heterocycles. The van der Waals surface area contributed by atoms with Crippen molar-refractivity contribution >= 4 is 5.91 Å². The Labute approximate surface area is 105 Å². The topological polar surface area (TPSA) is 35.6 Å². The SMILES string of the molecule is CC1CCCCN1C(=O)CNCCCN(C)C.